The molecule has 12 heteroatoms. The fourth-order valence-electron chi connectivity index (χ4n) is 4.09. The molecule has 4 aromatic rings. The molecule has 0 bridgehead atoms. The minimum atomic E-state index is -4.12. The lowest BCUT2D eigenvalue weighted by molar-refractivity contribution is -0.119. The molecule has 1 aliphatic rings. The van der Waals surface area contributed by atoms with Crippen molar-refractivity contribution in [2.24, 2.45) is 5.92 Å². The topological polar surface area (TPSA) is 141 Å². The number of carbonyl (C=O) groups is 1. The highest BCUT2D eigenvalue weighted by Gasteiger charge is 2.24. The van der Waals surface area contributed by atoms with Crippen LogP contribution in [0.3, 0.4) is 0 Å². The minimum absolute atomic E-state index is 0.00645. The number of carbonyl (C=O) groups excluding carboxylic acids is 1. The predicted octanol–water partition coefficient (Wildman–Crippen LogP) is 4.17. The zero-order valence-electron chi connectivity index (χ0n) is 21.3. The van der Waals surface area contributed by atoms with Crippen molar-refractivity contribution < 1.29 is 27.4 Å². The normalized spacial score (nSPS) is 15.1. The van der Waals surface area contributed by atoms with Crippen LogP contribution in [0.15, 0.2) is 71.6 Å². The molecule has 1 aromatic heterocycles. The summed E-state index contributed by atoms with van der Waals surface area (Å²) in [4.78, 5) is 21.6. The van der Waals surface area contributed by atoms with Crippen LogP contribution >= 0.6 is 0 Å². The number of anilines is 4. The third-order valence-electron chi connectivity index (χ3n) is 6.13. The van der Waals surface area contributed by atoms with Gasteiger partial charge in [-0.2, -0.15) is 0 Å². The minimum Gasteiger partial charge on any atom is -0.497 e. The van der Waals surface area contributed by atoms with Gasteiger partial charge in [0.15, 0.2) is 11.6 Å². The van der Waals surface area contributed by atoms with E-state index in [2.05, 4.69) is 25.3 Å². The van der Waals surface area contributed by atoms with E-state index < -0.39 is 10.0 Å². The summed E-state index contributed by atoms with van der Waals surface area (Å²) in [5.74, 6) is 0.772. The van der Waals surface area contributed by atoms with Crippen LogP contribution in [-0.2, 0) is 19.6 Å². The Morgan fingerprint density at radius 2 is 1.59 bits per heavy atom. The molecule has 11 nitrogen and oxygen atoms in total. The fraction of sp³-hybridized carbons (Fsp3) is 0.222. The van der Waals surface area contributed by atoms with Crippen LogP contribution < -0.4 is 24.8 Å². The largest absolute Gasteiger partial charge is 0.497 e. The molecule has 1 aliphatic heterocycles. The Morgan fingerprint density at radius 3 is 2.23 bits per heavy atom. The van der Waals surface area contributed by atoms with Crippen molar-refractivity contribution in [1.82, 2.24) is 9.97 Å². The highest BCUT2D eigenvalue weighted by Crippen LogP contribution is 2.31. The summed E-state index contributed by atoms with van der Waals surface area (Å²) in [5.41, 5.74) is 1.99. The first kappa shape index (κ1) is 26.2. The molecule has 1 amide bonds. The van der Waals surface area contributed by atoms with Gasteiger partial charge in [0.1, 0.15) is 11.5 Å². The number of ether oxygens (including phenoxy) is 3. The third kappa shape index (κ3) is 6.02. The lowest BCUT2D eigenvalue weighted by Gasteiger charge is -2.15. The van der Waals surface area contributed by atoms with Gasteiger partial charge in [0.25, 0.3) is 10.0 Å². The Labute approximate surface area is 225 Å². The summed E-state index contributed by atoms with van der Waals surface area (Å²) in [7, 11) is -1.05. The maximum atomic E-state index is 13.5. The van der Waals surface area contributed by atoms with Gasteiger partial charge < -0.3 is 24.8 Å². The number of aromatic nitrogens is 2. The summed E-state index contributed by atoms with van der Waals surface area (Å²) in [6.45, 7) is 0.878. The second kappa shape index (κ2) is 11.1. The molecule has 0 spiro atoms. The molecule has 39 heavy (non-hydrogen) atoms. The number of sulfonamides is 1. The smallest absolute Gasteiger partial charge is 0.263 e. The molecule has 1 fully saturated rings. The molecule has 0 radical (unpaired) electrons. The van der Waals surface area contributed by atoms with Crippen LogP contribution in [0.25, 0.3) is 11.0 Å². The van der Waals surface area contributed by atoms with Crippen molar-refractivity contribution in [3.05, 3.63) is 66.7 Å². The fourth-order valence-corrected chi connectivity index (χ4v) is 5.14. The first-order valence-corrected chi connectivity index (χ1v) is 13.6. The van der Waals surface area contributed by atoms with Crippen LogP contribution in [0.2, 0.25) is 0 Å². The Kier molecular flexibility index (Phi) is 7.48. The van der Waals surface area contributed by atoms with Crippen LogP contribution in [0.4, 0.5) is 23.0 Å². The number of hydrogen-bond donors (Lipinski definition) is 3. The van der Waals surface area contributed by atoms with E-state index >= 15 is 0 Å². The Bertz CT molecular complexity index is 1600. The Balaban J connectivity index is 1.47. The Morgan fingerprint density at radius 1 is 0.897 bits per heavy atom. The first-order valence-electron chi connectivity index (χ1n) is 12.1. The van der Waals surface area contributed by atoms with Crippen LogP contribution in [-0.4, -0.2) is 51.7 Å². The number of fused-ring (bicyclic) bond motifs is 1. The first-order chi connectivity index (χ1) is 18.8. The van der Waals surface area contributed by atoms with E-state index in [4.69, 9.17) is 14.2 Å². The van der Waals surface area contributed by atoms with E-state index in [1.165, 1.54) is 26.4 Å². The molecule has 0 aliphatic carbocycles. The van der Waals surface area contributed by atoms with Crippen molar-refractivity contribution in [2.75, 3.05) is 42.8 Å². The summed E-state index contributed by atoms with van der Waals surface area (Å²) < 4.78 is 45.4. The number of benzene rings is 3. The number of hydrogen-bond acceptors (Lipinski definition) is 9. The van der Waals surface area contributed by atoms with Gasteiger partial charge in [0, 0.05) is 36.2 Å². The summed E-state index contributed by atoms with van der Waals surface area (Å²) in [6, 6.07) is 18.3. The zero-order valence-corrected chi connectivity index (χ0v) is 22.1. The van der Waals surface area contributed by atoms with Gasteiger partial charge in [0.05, 0.1) is 42.7 Å². The third-order valence-corrected chi connectivity index (χ3v) is 7.46. The molecule has 3 N–H and O–H groups in total. The molecule has 5 rings (SSSR count). The molecule has 202 valence electrons. The quantitative estimate of drug-likeness (QED) is 0.281. The summed E-state index contributed by atoms with van der Waals surface area (Å²) in [5, 5.41) is 5.90. The monoisotopic (exact) mass is 549 g/mol. The van der Waals surface area contributed by atoms with E-state index in [0.29, 0.717) is 53.5 Å². The van der Waals surface area contributed by atoms with Crippen molar-refractivity contribution >= 4 is 50.0 Å². The van der Waals surface area contributed by atoms with Gasteiger partial charge >= 0.3 is 0 Å². The predicted molar refractivity (Wildman–Crippen MR) is 147 cm³/mol. The van der Waals surface area contributed by atoms with Crippen molar-refractivity contribution in [3.8, 4) is 11.5 Å². The van der Waals surface area contributed by atoms with Gasteiger partial charge in [-0.15, -0.1) is 0 Å². The maximum Gasteiger partial charge on any atom is 0.263 e. The van der Waals surface area contributed by atoms with Crippen LogP contribution in [0.5, 0.6) is 11.5 Å². The lowest BCUT2D eigenvalue weighted by Crippen LogP contribution is -2.23. The van der Waals surface area contributed by atoms with Gasteiger partial charge in [-0.05, 0) is 36.8 Å². The number of nitrogens with zero attached hydrogens (tertiary/aromatic N) is 2. The van der Waals surface area contributed by atoms with Gasteiger partial charge in [-0.1, -0.05) is 18.2 Å². The number of amides is 1. The van der Waals surface area contributed by atoms with Gasteiger partial charge in [-0.3, -0.25) is 9.52 Å². The standard InChI is InChI=1S/C27H27N5O6S/c1-36-20-12-19(13-21(15-20)37-2)28-25-26(31-24-9-4-3-8-23(24)30-25)32-39(34,35)22-7-5-6-18(14-22)29-27(33)17-10-11-38-16-17/h3-9,12-15,17H,10-11,16H2,1-2H3,(H,28,30)(H,29,33)(H,31,32). The SMILES string of the molecule is COc1cc(Nc2nc3ccccc3nc2NS(=O)(=O)c2cccc(NC(=O)C3CCOC3)c2)cc(OC)c1. The number of methoxy groups -OCH3 is 2. The molecule has 0 saturated carbocycles. The van der Waals surface area contributed by atoms with E-state index in [0.717, 1.165) is 0 Å². The van der Waals surface area contributed by atoms with E-state index in [-0.39, 0.29) is 28.4 Å². The summed E-state index contributed by atoms with van der Waals surface area (Å²) >= 11 is 0. The second-order valence-electron chi connectivity index (χ2n) is 8.82. The van der Waals surface area contributed by atoms with Gasteiger partial charge in [-0.25, -0.2) is 18.4 Å². The van der Waals surface area contributed by atoms with Crippen molar-refractivity contribution in [1.29, 1.82) is 0 Å². The molecular weight excluding hydrogens is 522 g/mol. The number of rotatable bonds is 9. The number of nitrogens with one attached hydrogen (secondary N) is 3. The maximum absolute atomic E-state index is 13.5. The Hall–Kier alpha value is -4.42. The van der Waals surface area contributed by atoms with E-state index in [1.807, 2.05) is 6.07 Å². The van der Waals surface area contributed by atoms with Crippen molar-refractivity contribution in [3.63, 3.8) is 0 Å². The van der Waals surface area contributed by atoms with E-state index in [1.54, 1.807) is 48.5 Å². The number of para-hydroxylation sites is 2. The molecule has 3 aromatic carbocycles. The van der Waals surface area contributed by atoms with Crippen molar-refractivity contribution in [2.45, 2.75) is 11.3 Å². The molecule has 2 heterocycles. The van der Waals surface area contributed by atoms with Crippen LogP contribution in [0.1, 0.15) is 6.42 Å². The lowest BCUT2D eigenvalue weighted by atomic mass is 10.1. The average Bonchev–Trinajstić information content (AvgIpc) is 3.48. The highest BCUT2D eigenvalue weighted by molar-refractivity contribution is 7.92. The molecule has 1 unspecified atom stereocenters. The zero-order chi connectivity index (χ0) is 27.4. The highest BCUT2D eigenvalue weighted by atomic mass is 32.2. The van der Waals surface area contributed by atoms with Crippen LogP contribution in [0, 0.1) is 5.92 Å². The second-order valence-corrected chi connectivity index (χ2v) is 10.5. The molecule has 1 saturated heterocycles. The van der Waals surface area contributed by atoms with Gasteiger partial charge in [0.2, 0.25) is 5.91 Å². The molecular formula is C27H27N5O6S. The van der Waals surface area contributed by atoms with E-state index in [9.17, 15) is 13.2 Å². The molecule has 1 atom stereocenters. The average molecular weight is 550 g/mol. The summed E-state index contributed by atoms with van der Waals surface area (Å²) in [6.07, 6.45) is 0.626.